The first-order valence-corrected chi connectivity index (χ1v) is 10.0. The van der Waals surface area contributed by atoms with Crippen LogP contribution in [-0.2, 0) is 20.7 Å². The Morgan fingerprint density at radius 3 is 2.50 bits per heavy atom. The second kappa shape index (κ2) is 8.63. The Balaban J connectivity index is 1.65. The van der Waals surface area contributed by atoms with Crippen molar-refractivity contribution in [3.05, 3.63) is 29.8 Å². The van der Waals surface area contributed by atoms with Crippen LogP contribution in [0.15, 0.2) is 24.3 Å². The highest BCUT2D eigenvalue weighted by atomic mass is 16.6. The first kappa shape index (κ1) is 20.2. The van der Waals surface area contributed by atoms with E-state index in [2.05, 4.69) is 0 Å². The summed E-state index contributed by atoms with van der Waals surface area (Å²) in [6.45, 7) is 6.81. The lowest BCUT2D eigenvalue weighted by Gasteiger charge is -2.38. The lowest BCUT2D eigenvalue weighted by molar-refractivity contribution is -0.136. The number of carbonyl (C=O) groups excluding carboxylic acids is 3. The summed E-state index contributed by atoms with van der Waals surface area (Å²) in [4.78, 5) is 42.4. The van der Waals surface area contributed by atoms with Gasteiger partial charge < -0.3 is 19.4 Å². The maximum Gasteiger partial charge on any atom is 0.409 e. The molecule has 0 aliphatic carbocycles. The third-order valence-electron chi connectivity index (χ3n) is 5.62. The minimum atomic E-state index is -0.311. The molecule has 0 radical (unpaired) electrons. The molecule has 3 amide bonds. The Kier molecular flexibility index (Phi) is 6.21. The minimum Gasteiger partial charge on any atom is -0.450 e. The van der Waals surface area contributed by atoms with E-state index >= 15 is 0 Å². The standard InChI is InChI=1S/C21H29N3O4/c1-4-28-21(27)22-11-9-18(10-12-22)23(16(3)25)14-20(26)24-15(2)13-17-7-5-6-8-19(17)24/h5-8,15,18H,4,9-14H2,1-3H3. The maximum atomic E-state index is 13.1. The summed E-state index contributed by atoms with van der Waals surface area (Å²) < 4.78 is 5.05. The molecular formula is C21H29N3O4. The van der Waals surface area contributed by atoms with Gasteiger partial charge in [-0.05, 0) is 44.7 Å². The molecule has 2 aliphatic heterocycles. The molecule has 1 aromatic rings. The van der Waals surface area contributed by atoms with Crippen molar-refractivity contribution >= 4 is 23.6 Å². The van der Waals surface area contributed by atoms with Gasteiger partial charge in [0.2, 0.25) is 11.8 Å². The van der Waals surface area contributed by atoms with Gasteiger partial charge in [-0.3, -0.25) is 9.59 Å². The average molecular weight is 387 g/mol. The number of ether oxygens (including phenoxy) is 1. The summed E-state index contributed by atoms with van der Waals surface area (Å²) in [6.07, 6.45) is 1.82. The molecule has 7 heteroatoms. The van der Waals surface area contributed by atoms with E-state index in [9.17, 15) is 14.4 Å². The number of rotatable bonds is 4. The van der Waals surface area contributed by atoms with Crippen LogP contribution in [0.25, 0.3) is 0 Å². The summed E-state index contributed by atoms with van der Waals surface area (Å²) in [5.41, 5.74) is 2.11. The van der Waals surface area contributed by atoms with Gasteiger partial charge >= 0.3 is 6.09 Å². The van der Waals surface area contributed by atoms with Crippen molar-refractivity contribution in [1.29, 1.82) is 0 Å². The van der Waals surface area contributed by atoms with Crippen LogP contribution in [0.3, 0.4) is 0 Å². The molecule has 2 heterocycles. The smallest absolute Gasteiger partial charge is 0.409 e. The Bertz CT molecular complexity index is 743. The van der Waals surface area contributed by atoms with Crippen LogP contribution in [-0.4, -0.2) is 66.0 Å². The minimum absolute atomic E-state index is 0.0414. The molecule has 1 aromatic carbocycles. The Hall–Kier alpha value is -2.57. The van der Waals surface area contributed by atoms with Gasteiger partial charge in [0, 0.05) is 37.8 Å². The average Bonchev–Trinajstić information content (AvgIpc) is 3.02. The fourth-order valence-corrected chi connectivity index (χ4v) is 4.24. The van der Waals surface area contributed by atoms with Gasteiger partial charge in [0.25, 0.3) is 0 Å². The Morgan fingerprint density at radius 1 is 1.18 bits per heavy atom. The predicted molar refractivity (Wildman–Crippen MR) is 106 cm³/mol. The first-order chi connectivity index (χ1) is 13.4. The van der Waals surface area contributed by atoms with Crippen LogP contribution in [0.2, 0.25) is 0 Å². The molecule has 0 aromatic heterocycles. The molecule has 0 spiro atoms. The van der Waals surface area contributed by atoms with E-state index in [1.165, 1.54) is 12.5 Å². The number of para-hydroxylation sites is 1. The number of anilines is 1. The van der Waals surface area contributed by atoms with E-state index in [1.807, 2.05) is 36.1 Å². The number of fused-ring (bicyclic) bond motifs is 1. The zero-order valence-electron chi connectivity index (χ0n) is 16.9. The zero-order valence-corrected chi connectivity index (χ0v) is 16.9. The fraction of sp³-hybridized carbons (Fsp3) is 0.571. The molecule has 1 atom stereocenters. The third-order valence-corrected chi connectivity index (χ3v) is 5.62. The highest BCUT2D eigenvalue weighted by Crippen LogP contribution is 2.32. The quantitative estimate of drug-likeness (QED) is 0.796. The van der Waals surface area contributed by atoms with Gasteiger partial charge in [-0.15, -0.1) is 0 Å². The lowest BCUT2D eigenvalue weighted by Crippen LogP contribution is -2.52. The van der Waals surface area contributed by atoms with Crippen molar-refractivity contribution in [2.75, 3.05) is 31.1 Å². The number of hydrogen-bond donors (Lipinski definition) is 0. The van der Waals surface area contributed by atoms with Crippen LogP contribution in [0.5, 0.6) is 0 Å². The highest BCUT2D eigenvalue weighted by molar-refractivity contribution is 5.98. The topological polar surface area (TPSA) is 70.2 Å². The summed E-state index contributed by atoms with van der Waals surface area (Å²) >= 11 is 0. The van der Waals surface area contributed by atoms with Crippen molar-refractivity contribution < 1.29 is 19.1 Å². The first-order valence-electron chi connectivity index (χ1n) is 10.0. The summed E-state index contributed by atoms with van der Waals surface area (Å²) in [6, 6.07) is 7.98. The maximum absolute atomic E-state index is 13.1. The van der Waals surface area contributed by atoms with Crippen molar-refractivity contribution in [2.24, 2.45) is 0 Å². The van der Waals surface area contributed by atoms with Crippen LogP contribution in [0, 0.1) is 0 Å². The number of amides is 3. The Morgan fingerprint density at radius 2 is 1.86 bits per heavy atom. The van der Waals surface area contributed by atoms with Crippen molar-refractivity contribution in [1.82, 2.24) is 9.80 Å². The molecule has 28 heavy (non-hydrogen) atoms. The molecule has 2 aliphatic rings. The molecule has 3 rings (SSSR count). The molecule has 1 fully saturated rings. The second-order valence-corrected chi connectivity index (χ2v) is 7.51. The van der Waals surface area contributed by atoms with Crippen LogP contribution in [0.4, 0.5) is 10.5 Å². The number of benzene rings is 1. The third kappa shape index (κ3) is 4.13. The molecule has 1 unspecified atom stereocenters. The molecule has 0 saturated carbocycles. The highest BCUT2D eigenvalue weighted by Gasteiger charge is 2.34. The van der Waals surface area contributed by atoms with E-state index in [4.69, 9.17) is 4.74 Å². The van der Waals surface area contributed by atoms with E-state index in [0.29, 0.717) is 32.5 Å². The van der Waals surface area contributed by atoms with Gasteiger partial charge in [0.1, 0.15) is 6.54 Å². The van der Waals surface area contributed by atoms with Crippen molar-refractivity contribution in [3.63, 3.8) is 0 Å². The van der Waals surface area contributed by atoms with E-state index < -0.39 is 0 Å². The largest absolute Gasteiger partial charge is 0.450 e. The predicted octanol–water partition coefficient (Wildman–Crippen LogP) is 2.43. The SMILES string of the molecule is CCOC(=O)N1CCC(N(CC(=O)N2c3ccccc3CC2C)C(C)=O)CC1. The van der Waals surface area contributed by atoms with E-state index in [0.717, 1.165) is 12.1 Å². The van der Waals surface area contributed by atoms with Gasteiger partial charge in [-0.25, -0.2) is 4.79 Å². The van der Waals surface area contributed by atoms with Crippen LogP contribution < -0.4 is 4.90 Å². The molecule has 152 valence electrons. The van der Waals surface area contributed by atoms with Crippen molar-refractivity contribution in [3.8, 4) is 0 Å². The molecule has 1 saturated heterocycles. The number of carbonyl (C=O) groups is 3. The van der Waals surface area contributed by atoms with E-state index in [1.54, 1.807) is 16.7 Å². The number of likely N-dealkylation sites (tertiary alicyclic amines) is 1. The molecular weight excluding hydrogens is 358 g/mol. The molecule has 0 N–H and O–H groups in total. The fourth-order valence-electron chi connectivity index (χ4n) is 4.24. The lowest BCUT2D eigenvalue weighted by atomic mass is 10.0. The van der Waals surface area contributed by atoms with Gasteiger partial charge in [-0.1, -0.05) is 18.2 Å². The summed E-state index contributed by atoms with van der Waals surface area (Å²) in [7, 11) is 0. The summed E-state index contributed by atoms with van der Waals surface area (Å²) in [5.74, 6) is -0.163. The second-order valence-electron chi connectivity index (χ2n) is 7.51. The van der Waals surface area contributed by atoms with Crippen LogP contribution in [0.1, 0.15) is 39.2 Å². The summed E-state index contributed by atoms with van der Waals surface area (Å²) in [5, 5.41) is 0. The number of nitrogens with zero attached hydrogens (tertiary/aromatic N) is 3. The Labute approximate surface area is 166 Å². The van der Waals surface area contributed by atoms with Gasteiger partial charge in [0.05, 0.1) is 6.61 Å². The van der Waals surface area contributed by atoms with Gasteiger partial charge in [-0.2, -0.15) is 0 Å². The van der Waals surface area contributed by atoms with Crippen LogP contribution >= 0.6 is 0 Å². The zero-order chi connectivity index (χ0) is 20.3. The number of hydrogen-bond acceptors (Lipinski definition) is 4. The van der Waals surface area contributed by atoms with Crippen molar-refractivity contribution in [2.45, 2.75) is 52.1 Å². The normalized spacial score (nSPS) is 19.3. The monoisotopic (exact) mass is 387 g/mol. The van der Waals surface area contributed by atoms with E-state index in [-0.39, 0.29) is 36.5 Å². The number of piperidine rings is 1. The molecule has 7 nitrogen and oxygen atoms in total. The van der Waals surface area contributed by atoms with Gasteiger partial charge in [0.15, 0.2) is 0 Å². The molecule has 0 bridgehead atoms.